The molecule has 1 aliphatic heterocycles. The Labute approximate surface area is 212 Å². The maximum atomic E-state index is 6.88. The molecule has 1 fully saturated rings. The zero-order chi connectivity index (χ0) is 24.6. The van der Waals surface area contributed by atoms with Crippen LogP contribution in [0.25, 0.3) is 11.2 Å². The Morgan fingerprint density at radius 3 is 2.86 bits per heavy atom. The van der Waals surface area contributed by atoms with E-state index in [-0.39, 0.29) is 5.54 Å². The summed E-state index contributed by atoms with van der Waals surface area (Å²) in [6, 6.07) is 4.09. The second-order valence-electron chi connectivity index (χ2n) is 9.00. The fourth-order valence-electron chi connectivity index (χ4n) is 4.76. The van der Waals surface area contributed by atoms with Crippen LogP contribution in [0.5, 0.6) is 0 Å². The van der Waals surface area contributed by atoms with Gasteiger partial charge in [0.05, 0.1) is 12.9 Å². The molecule has 0 amide bonds. The first-order chi connectivity index (χ1) is 16.9. The summed E-state index contributed by atoms with van der Waals surface area (Å²) in [4.78, 5) is 15.3. The third-order valence-electron chi connectivity index (χ3n) is 6.67. The molecule has 1 saturated heterocycles. The Morgan fingerprint density at radius 1 is 1.23 bits per heavy atom. The Hall–Kier alpha value is -3.02. The SMILES string of the molecule is CCc1cc(Cl)cc(N2CCC(N)(CCc3nnc(NC)s3)C2)c1Cn1cnc2c(N)ncnc21. The minimum absolute atomic E-state index is 0.305. The molecule has 0 spiro atoms. The van der Waals surface area contributed by atoms with E-state index in [4.69, 9.17) is 23.1 Å². The Morgan fingerprint density at radius 2 is 2.09 bits per heavy atom. The molecule has 1 aliphatic rings. The smallest absolute Gasteiger partial charge is 0.205 e. The molecule has 5 rings (SSSR count). The van der Waals surface area contributed by atoms with Crippen molar-refractivity contribution in [1.29, 1.82) is 0 Å². The lowest BCUT2D eigenvalue weighted by atomic mass is 9.94. The number of nitrogens with zero attached hydrogens (tertiary/aromatic N) is 7. The molecule has 0 aliphatic carbocycles. The van der Waals surface area contributed by atoms with E-state index in [0.29, 0.717) is 23.5 Å². The zero-order valence-corrected chi connectivity index (χ0v) is 21.4. The van der Waals surface area contributed by atoms with Gasteiger partial charge in [0, 0.05) is 42.8 Å². The third-order valence-corrected chi connectivity index (χ3v) is 7.88. The van der Waals surface area contributed by atoms with Gasteiger partial charge in [0.25, 0.3) is 0 Å². The number of nitrogens with one attached hydrogen (secondary N) is 1. The first kappa shape index (κ1) is 23.7. The molecule has 12 heteroatoms. The van der Waals surface area contributed by atoms with Crippen molar-refractivity contribution in [3.8, 4) is 0 Å². The van der Waals surface area contributed by atoms with Crippen LogP contribution in [-0.4, -0.2) is 55.4 Å². The maximum Gasteiger partial charge on any atom is 0.205 e. The monoisotopic (exact) mass is 512 g/mol. The lowest BCUT2D eigenvalue weighted by Gasteiger charge is -2.28. The predicted molar refractivity (Wildman–Crippen MR) is 141 cm³/mol. The number of aryl methyl sites for hydroxylation is 2. The van der Waals surface area contributed by atoms with E-state index >= 15 is 0 Å². The highest BCUT2D eigenvalue weighted by molar-refractivity contribution is 7.15. The highest BCUT2D eigenvalue weighted by Gasteiger charge is 2.35. The molecular weight excluding hydrogens is 484 g/mol. The first-order valence-electron chi connectivity index (χ1n) is 11.7. The zero-order valence-electron chi connectivity index (χ0n) is 19.8. The highest BCUT2D eigenvalue weighted by atomic mass is 35.5. The second-order valence-corrected chi connectivity index (χ2v) is 10.5. The van der Waals surface area contributed by atoms with Crippen LogP contribution in [0, 0.1) is 0 Å². The number of halogens is 1. The fraction of sp³-hybridized carbons (Fsp3) is 0.435. The van der Waals surface area contributed by atoms with Gasteiger partial charge in [-0.2, -0.15) is 0 Å². The van der Waals surface area contributed by atoms with Crippen molar-refractivity contribution < 1.29 is 0 Å². The Kier molecular flexibility index (Phi) is 6.47. The van der Waals surface area contributed by atoms with Crippen molar-refractivity contribution in [2.75, 3.05) is 36.1 Å². The van der Waals surface area contributed by atoms with E-state index in [9.17, 15) is 0 Å². The lowest BCUT2D eigenvalue weighted by molar-refractivity contribution is 0.435. The molecule has 0 bridgehead atoms. The highest BCUT2D eigenvalue weighted by Crippen LogP contribution is 2.36. The molecule has 1 aromatic carbocycles. The van der Waals surface area contributed by atoms with Crippen LogP contribution in [0.15, 0.2) is 24.8 Å². The van der Waals surface area contributed by atoms with Crippen LogP contribution in [0.4, 0.5) is 16.6 Å². The Bertz CT molecular complexity index is 1350. The number of benzene rings is 1. The number of rotatable bonds is 8. The van der Waals surface area contributed by atoms with Gasteiger partial charge in [0.1, 0.15) is 16.9 Å². The van der Waals surface area contributed by atoms with Crippen molar-refractivity contribution >= 4 is 50.7 Å². The summed E-state index contributed by atoms with van der Waals surface area (Å²) < 4.78 is 2.01. The van der Waals surface area contributed by atoms with Gasteiger partial charge >= 0.3 is 0 Å². The number of nitrogen functional groups attached to an aromatic ring is 1. The molecule has 5 N–H and O–H groups in total. The van der Waals surface area contributed by atoms with Crippen molar-refractivity contribution in [2.24, 2.45) is 5.73 Å². The van der Waals surface area contributed by atoms with Gasteiger partial charge in [-0.25, -0.2) is 15.0 Å². The van der Waals surface area contributed by atoms with Gasteiger partial charge in [-0.05, 0) is 42.5 Å². The molecule has 0 saturated carbocycles. The van der Waals surface area contributed by atoms with E-state index in [1.165, 1.54) is 17.5 Å². The molecule has 10 nitrogen and oxygen atoms in total. The summed E-state index contributed by atoms with van der Waals surface area (Å²) in [6.07, 6.45) is 6.66. The van der Waals surface area contributed by atoms with Gasteiger partial charge in [0.2, 0.25) is 5.13 Å². The molecule has 4 aromatic rings. The topological polar surface area (TPSA) is 137 Å². The van der Waals surface area contributed by atoms with Crippen LogP contribution >= 0.6 is 22.9 Å². The summed E-state index contributed by atoms with van der Waals surface area (Å²) in [7, 11) is 1.85. The van der Waals surface area contributed by atoms with Crippen LogP contribution < -0.4 is 21.7 Å². The molecule has 35 heavy (non-hydrogen) atoms. The number of nitrogens with two attached hydrogens (primary N) is 2. The van der Waals surface area contributed by atoms with Crippen molar-refractivity contribution in [3.63, 3.8) is 0 Å². The van der Waals surface area contributed by atoms with Crippen molar-refractivity contribution in [1.82, 2.24) is 29.7 Å². The molecular formula is C23H29ClN10S. The summed E-state index contributed by atoms with van der Waals surface area (Å²) >= 11 is 8.15. The van der Waals surface area contributed by atoms with Crippen LogP contribution in [0.2, 0.25) is 5.02 Å². The summed E-state index contributed by atoms with van der Waals surface area (Å²) in [6.45, 7) is 4.36. The van der Waals surface area contributed by atoms with Crippen LogP contribution in [-0.2, 0) is 19.4 Å². The molecule has 3 aromatic heterocycles. The molecule has 1 atom stereocenters. The number of fused-ring (bicyclic) bond motifs is 1. The van der Waals surface area contributed by atoms with Crippen LogP contribution in [0.1, 0.15) is 35.9 Å². The third kappa shape index (κ3) is 4.75. The second kappa shape index (κ2) is 9.56. The molecule has 0 radical (unpaired) electrons. The lowest BCUT2D eigenvalue weighted by Crippen LogP contribution is -2.43. The number of aromatic nitrogens is 6. The minimum Gasteiger partial charge on any atom is -0.382 e. The quantitative estimate of drug-likeness (QED) is 0.325. The van der Waals surface area contributed by atoms with Gasteiger partial charge < -0.3 is 26.3 Å². The molecule has 1 unspecified atom stereocenters. The van der Waals surface area contributed by atoms with Gasteiger partial charge in [-0.3, -0.25) is 0 Å². The number of hydrogen-bond acceptors (Lipinski definition) is 10. The van der Waals surface area contributed by atoms with Crippen molar-refractivity contribution in [2.45, 2.75) is 44.7 Å². The van der Waals surface area contributed by atoms with Gasteiger partial charge in [0.15, 0.2) is 11.5 Å². The van der Waals surface area contributed by atoms with Gasteiger partial charge in [-0.15, -0.1) is 10.2 Å². The Balaban J connectivity index is 1.41. The molecule has 184 valence electrons. The normalized spacial score (nSPS) is 18.0. The summed E-state index contributed by atoms with van der Waals surface area (Å²) in [5.74, 6) is 0.380. The molecule has 4 heterocycles. The van der Waals surface area contributed by atoms with E-state index in [2.05, 4.69) is 42.3 Å². The summed E-state index contributed by atoms with van der Waals surface area (Å²) in [5.41, 5.74) is 17.4. The van der Waals surface area contributed by atoms with E-state index in [1.54, 1.807) is 17.7 Å². The fourth-order valence-corrected chi connectivity index (χ4v) is 5.69. The average Bonchev–Trinajstić information content (AvgIpc) is 3.58. The largest absolute Gasteiger partial charge is 0.382 e. The maximum absolute atomic E-state index is 6.88. The predicted octanol–water partition coefficient (Wildman–Crippen LogP) is 3.11. The number of imidazole rings is 1. The van der Waals surface area contributed by atoms with Crippen molar-refractivity contribution in [3.05, 3.63) is 45.9 Å². The van der Waals surface area contributed by atoms with Gasteiger partial charge in [-0.1, -0.05) is 29.9 Å². The van der Waals surface area contributed by atoms with E-state index in [1.807, 2.05) is 23.7 Å². The number of hydrogen-bond donors (Lipinski definition) is 3. The number of anilines is 3. The van der Waals surface area contributed by atoms with Crippen LogP contribution in [0.3, 0.4) is 0 Å². The van der Waals surface area contributed by atoms with E-state index in [0.717, 1.165) is 59.6 Å². The average molecular weight is 513 g/mol. The van der Waals surface area contributed by atoms with E-state index < -0.39 is 0 Å². The first-order valence-corrected chi connectivity index (χ1v) is 12.8. The minimum atomic E-state index is -0.305. The standard InChI is InChI=1S/C23H29ClN10S/c1-3-14-8-15(24)9-17(16(14)10-34-13-30-19-20(25)28-12-29-21(19)34)33-7-6-23(26,11-33)5-4-18-31-32-22(27-2)35-18/h8-9,12-13H,3-7,10-11,26H2,1-2H3,(H,27,32)(H2,25,28,29). The summed E-state index contributed by atoms with van der Waals surface area (Å²) in [5, 5.41) is 14.0.